The van der Waals surface area contributed by atoms with Gasteiger partial charge in [0, 0.05) is 17.1 Å². The molecule has 0 aliphatic carbocycles. The highest BCUT2D eigenvalue weighted by atomic mass is 35.5. The number of halogens is 6. The number of hydrogen-bond donors (Lipinski definition) is 1. The van der Waals surface area contributed by atoms with Gasteiger partial charge in [0.15, 0.2) is 5.82 Å². The minimum absolute atomic E-state index is 0.310. The van der Waals surface area contributed by atoms with Crippen LogP contribution in [0, 0.1) is 5.82 Å². The highest BCUT2D eigenvalue weighted by molar-refractivity contribution is 6.35. The number of rotatable bonds is 5. The molecular weight excluding hydrogens is 523 g/mol. The van der Waals surface area contributed by atoms with Crippen LogP contribution in [0.5, 0.6) is 0 Å². The van der Waals surface area contributed by atoms with Crippen molar-refractivity contribution in [1.82, 2.24) is 9.47 Å². The van der Waals surface area contributed by atoms with Crippen molar-refractivity contribution < 1.29 is 32.3 Å². The minimum Gasteiger partial charge on any atom is -0.465 e. The Morgan fingerprint density at radius 3 is 2.22 bits per heavy atom. The van der Waals surface area contributed by atoms with Crippen LogP contribution in [0.1, 0.15) is 42.6 Å². The van der Waals surface area contributed by atoms with E-state index >= 15 is 0 Å². The van der Waals surface area contributed by atoms with Crippen LogP contribution in [0.15, 0.2) is 48.7 Å². The normalized spacial score (nSPS) is 13.4. The van der Waals surface area contributed by atoms with Crippen molar-refractivity contribution in [2.75, 3.05) is 6.54 Å². The van der Waals surface area contributed by atoms with Crippen molar-refractivity contribution in [3.8, 4) is 0 Å². The van der Waals surface area contributed by atoms with E-state index in [0.29, 0.717) is 16.5 Å². The standard InChI is InChI=1S/C25H22Cl2F4N2O3/c1-24(2,3)33(23(35)36)13-21(34)32-9-8-15-10-14(5-7-20(15)32)4-6-17(25(29,30)31)16-11-18(26)22(28)19(27)12-16/h4-12,17H,13H2,1-3H3,(H,35,36)/b6-4+. The molecule has 1 amide bonds. The number of carboxylic acid groups (broad SMARTS) is 1. The highest BCUT2D eigenvalue weighted by Crippen LogP contribution is 2.39. The zero-order valence-electron chi connectivity index (χ0n) is 19.4. The topological polar surface area (TPSA) is 62.5 Å². The summed E-state index contributed by atoms with van der Waals surface area (Å²) in [5.74, 6) is -3.56. The third-order valence-electron chi connectivity index (χ3n) is 5.52. The van der Waals surface area contributed by atoms with E-state index in [0.717, 1.165) is 23.1 Å². The molecule has 0 saturated heterocycles. The number of fused-ring (bicyclic) bond motifs is 1. The Bertz CT molecular complexity index is 1320. The number of nitrogens with zero attached hydrogens (tertiary/aromatic N) is 2. The molecule has 5 nitrogen and oxygen atoms in total. The number of carbonyl (C=O) groups excluding carboxylic acids is 1. The summed E-state index contributed by atoms with van der Waals surface area (Å²) in [6, 6.07) is 8.05. The van der Waals surface area contributed by atoms with Crippen molar-refractivity contribution in [3.63, 3.8) is 0 Å². The Balaban J connectivity index is 1.90. The lowest BCUT2D eigenvalue weighted by atomic mass is 9.97. The van der Waals surface area contributed by atoms with E-state index < -0.39 is 45.5 Å². The molecule has 1 atom stereocenters. The SMILES string of the molecule is CC(C)(C)N(CC(=O)n1ccc2cc(/C=C/C(c3cc(Cl)c(F)c(Cl)c3)C(F)(F)F)ccc21)C(=O)O. The van der Waals surface area contributed by atoms with E-state index in [1.807, 2.05) is 0 Å². The lowest BCUT2D eigenvalue weighted by Crippen LogP contribution is -2.48. The summed E-state index contributed by atoms with van der Waals surface area (Å²) in [6.45, 7) is 4.63. The number of carbonyl (C=O) groups is 2. The fraction of sp³-hybridized carbons (Fsp3) is 0.280. The first-order valence-corrected chi connectivity index (χ1v) is 11.4. The average Bonchev–Trinajstić information content (AvgIpc) is 3.17. The van der Waals surface area contributed by atoms with Gasteiger partial charge in [0.05, 0.1) is 21.5 Å². The summed E-state index contributed by atoms with van der Waals surface area (Å²) < 4.78 is 56.2. The van der Waals surface area contributed by atoms with Crippen molar-refractivity contribution in [2.24, 2.45) is 0 Å². The monoisotopic (exact) mass is 544 g/mol. The number of allylic oxidation sites excluding steroid dienone is 1. The second-order valence-corrected chi connectivity index (χ2v) is 9.93. The molecule has 0 radical (unpaired) electrons. The highest BCUT2D eigenvalue weighted by Gasteiger charge is 2.39. The van der Waals surface area contributed by atoms with Crippen LogP contribution in [0.2, 0.25) is 10.0 Å². The summed E-state index contributed by atoms with van der Waals surface area (Å²) in [4.78, 5) is 25.4. The molecule has 1 aromatic heterocycles. The summed E-state index contributed by atoms with van der Waals surface area (Å²) in [5.41, 5.74) is -0.213. The largest absolute Gasteiger partial charge is 0.465 e. The summed E-state index contributed by atoms with van der Waals surface area (Å²) in [7, 11) is 0. The molecule has 1 unspecified atom stereocenters. The van der Waals surface area contributed by atoms with E-state index in [2.05, 4.69) is 0 Å². The number of aromatic nitrogens is 1. The van der Waals surface area contributed by atoms with Gasteiger partial charge in [-0.3, -0.25) is 14.3 Å². The number of amides is 1. The smallest absolute Gasteiger partial charge is 0.408 e. The molecule has 0 fully saturated rings. The molecule has 1 N–H and O–H groups in total. The van der Waals surface area contributed by atoms with Crippen molar-refractivity contribution in [3.05, 3.63) is 75.7 Å². The molecule has 36 heavy (non-hydrogen) atoms. The maximum absolute atomic E-state index is 13.7. The average molecular weight is 545 g/mol. The molecule has 0 aliphatic rings. The Labute approximate surface area is 214 Å². The fourth-order valence-electron chi connectivity index (χ4n) is 3.66. The molecule has 0 saturated carbocycles. The number of alkyl halides is 3. The minimum atomic E-state index is -4.69. The van der Waals surface area contributed by atoms with E-state index in [4.69, 9.17) is 23.2 Å². The van der Waals surface area contributed by atoms with Gasteiger partial charge in [0.25, 0.3) is 5.91 Å². The van der Waals surface area contributed by atoms with Gasteiger partial charge in [0.2, 0.25) is 0 Å². The summed E-state index contributed by atoms with van der Waals surface area (Å²) in [5, 5.41) is 8.98. The summed E-state index contributed by atoms with van der Waals surface area (Å²) >= 11 is 11.4. The van der Waals surface area contributed by atoms with E-state index in [-0.39, 0.29) is 12.1 Å². The van der Waals surface area contributed by atoms with Crippen molar-refractivity contribution >= 4 is 52.2 Å². The number of benzene rings is 2. The van der Waals surface area contributed by atoms with Crippen LogP contribution < -0.4 is 0 Å². The van der Waals surface area contributed by atoms with Crippen molar-refractivity contribution in [2.45, 2.75) is 38.4 Å². The Kier molecular flexibility index (Phi) is 7.76. The lowest BCUT2D eigenvalue weighted by molar-refractivity contribution is -0.139. The fourth-order valence-corrected chi connectivity index (χ4v) is 4.16. The van der Waals surface area contributed by atoms with Gasteiger partial charge in [-0.05, 0) is 62.2 Å². The zero-order chi connectivity index (χ0) is 27.0. The predicted molar refractivity (Wildman–Crippen MR) is 131 cm³/mol. The predicted octanol–water partition coefficient (Wildman–Crippen LogP) is 7.87. The van der Waals surface area contributed by atoms with E-state index in [1.54, 1.807) is 39.0 Å². The van der Waals surface area contributed by atoms with Crippen LogP contribution >= 0.6 is 23.2 Å². The van der Waals surface area contributed by atoms with Crippen LogP contribution in [0.3, 0.4) is 0 Å². The van der Waals surface area contributed by atoms with Gasteiger partial charge >= 0.3 is 12.3 Å². The molecule has 1 heterocycles. The van der Waals surface area contributed by atoms with Gasteiger partial charge in [-0.2, -0.15) is 13.2 Å². The first-order chi connectivity index (χ1) is 16.6. The quantitative estimate of drug-likeness (QED) is 0.262. The van der Waals surface area contributed by atoms with E-state index in [1.165, 1.54) is 22.9 Å². The molecule has 11 heteroatoms. The molecule has 0 aliphatic heterocycles. The molecule has 3 rings (SSSR count). The number of hydrogen-bond acceptors (Lipinski definition) is 2. The van der Waals surface area contributed by atoms with Crippen LogP contribution in [0.25, 0.3) is 17.0 Å². The first-order valence-electron chi connectivity index (χ1n) is 10.6. The molecule has 192 valence electrons. The second-order valence-electron chi connectivity index (χ2n) is 9.11. The van der Waals surface area contributed by atoms with Crippen molar-refractivity contribution in [1.29, 1.82) is 0 Å². The maximum atomic E-state index is 13.7. The van der Waals surface area contributed by atoms with Gasteiger partial charge in [-0.25, -0.2) is 9.18 Å². The Morgan fingerprint density at radius 1 is 1.08 bits per heavy atom. The van der Waals surface area contributed by atoms with Crippen LogP contribution in [-0.2, 0) is 0 Å². The van der Waals surface area contributed by atoms with Crippen LogP contribution in [-0.4, -0.2) is 44.8 Å². The van der Waals surface area contributed by atoms with Gasteiger partial charge in [-0.15, -0.1) is 0 Å². The summed E-state index contributed by atoms with van der Waals surface area (Å²) in [6.07, 6.45) is -2.28. The van der Waals surface area contributed by atoms with Gasteiger partial charge in [0.1, 0.15) is 6.54 Å². The molecule has 0 bridgehead atoms. The lowest BCUT2D eigenvalue weighted by Gasteiger charge is -2.32. The third-order valence-corrected chi connectivity index (χ3v) is 6.07. The first kappa shape index (κ1) is 27.5. The zero-order valence-corrected chi connectivity index (χ0v) is 20.9. The second kappa shape index (κ2) is 10.1. The Morgan fingerprint density at radius 2 is 1.69 bits per heavy atom. The van der Waals surface area contributed by atoms with Gasteiger partial charge in [-0.1, -0.05) is 41.4 Å². The van der Waals surface area contributed by atoms with Crippen LogP contribution in [0.4, 0.5) is 22.4 Å². The maximum Gasteiger partial charge on any atom is 0.408 e. The van der Waals surface area contributed by atoms with Gasteiger partial charge < -0.3 is 5.11 Å². The van der Waals surface area contributed by atoms with E-state index in [9.17, 15) is 32.3 Å². The molecule has 2 aromatic carbocycles. The molecular formula is C25H22Cl2F4N2O3. The Hall–Kier alpha value is -3.04. The third kappa shape index (κ3) is 6.02. The molecule has 0 spiro atoms. The molecule has 3 aromatic rings.